The molecule has 1 saturated carbocycles. The lowest BCUT2D eigenvalue weighted by Gasteiger charge is -2.24. The van der Waals surface area contributed by atoms with Crippen molar-refractivity contribution in [1.82, 2.24) is 20.4 Å². The topological polar surface area (TPSA) is 54.2 Å². The van der Waals surface area contributed by atoms with Crippen LogP contribution in [0.1, 0.15) is 64.5 Å². The van der Waals surface area contributed by atoms with E-state index in [1.165, 1.54) is 44.9 Å². The summed E-state index contributed by atoms with van der Waals surface area (Å²) in [5.74, 6) is 1.85. The third kappa shape index (κ3) is 7.40. The molecule has 1 atom stereocenters. The van der Waals surface area contributed by atoms with Gasteiger partial charge in [-0.25, -0.2) is 4.99 Å². The summed E-state index contributed by atoms with van der Waals surface area (Å²) in [6.07, 6.45) is 11.6. The van der Waals surface area contributed by atoms with Crippen molar-refractivity contribution >= 4 is 29.9 Å². The molecular formula is C18H34IN5. The quantitative estimate of drug-likeness (QED) is 0.380. The highest BCUT2D eigenvalue weighted by Crippen LogP contribution is 2.27. The minimum atomic E-state index is 0. The van der Waals surface area contributed by atoms with Gasteiger partial charge in [0, 0.05) is 25.8 Å². The highest BCUT2D eigenvalue weighted by Gasteiger charge is 2.15. The van der Waals surface area contributed by atoms with E-state index in [2.05, 4.69) is 34.6 Å². The van der Waals surface area contributed by atoms with Crippen molar-refractivity contribution < 1.29 is 0 Å². The number of aryl methyl sites for hydroxylation is 1. The molecular weight excluding hydrogens is 413 g/mol. The average molecular weight is 447 g/mol. The first-order chi connectivity index (χ1) is 11.2. The molecule has 0 radical (unpaired) electrons. The zero-order chi connectivity index (χ0) is 16.5. The summed E-state index contributed by atoms with van der Waals surface area (Å²) in [5, 5.41) is 11.1. The van der Waals surface area contributed by atoms with E-state index in [0.717, 1.165) is 24.1 Å². The van der Waals surface area contributed by atoms with Gasteiger partial charge in [-0.15, -0.1) is 24.0 Å². The molecule has 2 N–H and O–H groups in total. The van der Waals surface area contributed by atoms with Gasteiger partial charge in [0.05, 0.1) is 12.2 Å². The predicted octanol–water partition coefficient (Wildman–Crippen LogP) is 3.84. The van der Waals surface area contributed by atoms with Crippen LogP contribution < -0.4 is 10.6 Å². The van der Waals surface area contributed by atoms with Crippen molar-refractivity contribution in [3.05, 3.63) is 18.0 Å². The Morgan fingerprint density at radius 2 is 2.12 bits per heavy atom. The maximum absolute atomic E-state index is 4.69. The number of nitrogens with one attached hydrogen (secondary N) is 2. The van der Waals surface area contributed by atoms with E-state index in [1.807, 2.05) is 24.0 Å². The van der Waals surface area contributed by atoms with Gasteiger partial charge in [0.25, 0.3) is 0 Å². The van der Waals surface area contributed by atoms with Crippen LogP contribution in [0.3, 0.4) is 0 Å². The van der Waals surface area contributed by atoms with Crippen molar-refractivity contribution in [1.29, 1.82) is 0 Å². The summed E-state index contributed by atoms with van der Waals surface area (Å²) in [7, 11) is 1.96. The van der Waals surface area contributed by atoms with Gasteiger partial charge in [-0.3, -0.25) is 4.68 Å². The molecule has 1 aromatic rings. The van der Waals surface area contributed by atoms with E-state index >= 15 is 0 Å². The van der Waals surface area contributed by atoms with Crippen LogP contribution in [0.15, 0.2) is 17.3 Å². The Morgan fingerprint density at radius 1 is 1.38 bits per heavy atom. The van der Waals surface area contributed by atoms with Crippen LogP contribution in [0.5, 0.6) is 0 Å². The largest absolute Gasteiger partial charge is 0.357 e. The van der Waals surface area contributed by atoms with E-state index in [1.54, 1.807) is 0 Å². The minimum Gasteiger partial charge on any atom is -0.357 e. The van der Waals surface area contributed by atoms with Crippen molar-refractivity contribution in [2.75, 3.05) is 6.54 Å². The molecule has 6 heteroatoms. The monoisotopic (exact) mass is 447 g/mol. The smallest absolute Gasteiger partial charge is 0.191 e. The van der Waals surface area contributed by atoms with Crippen molar-refractivity contribution in [3.8, 4) is 0 Å². The molecule has 0 aromatic carbocycles. The highest BCUT2D eigenvalue weighted by molar-refractivity contribution is 14.0. The molecule has 1 aliphatic carbocycles. The fourth-order valence-corrected chi connectivity index (χ4v) is 3.30. The van der Waals surface area contributed by atoms with Gasteiger partial charge in [0.2, 0.25) is 0 Å². The summed E-state index contributed by atoms with van der Waals surface area (Å²) >= 11 is 0. The molecule has 2 rings (SSSR count). The number of aromatic nitrogens is 2. The fraction of sp³-hybridized carbons (Fsp3) is 0.778. The first-order valence-electron chi connectivity index (χ1n) is 9.20. The zero-order valence-electron chi connectivity index (χ0n) is 15.4. The lowest BCUT2D eigenvalue weighted by Crippen LogP contribution is -2.42. The fourth-order valence-electron chi connectivity index (χ4n) is 3.30. The lowest BCUT2D eigenvalue weighted by atomic mass is 9.85. The molecule has 1 aromatic heterocycles. The molecule has 0 aliphatic heterocycles. The Labute approximate surface area is 164 Å². The summed E-state index contributed by atoms with van der Waals surface area (Å²) in [6.45, 7) is 5.90. The van der Waals surface area contributed by atoms with E-state index in [-0.39, 0.29) is 24.0 Å². The van der Waals surface area contributed by atoms with Crippen LogP contribution in [0.2, 0.25) is 0 Å². The van der Waals surface area contributed by atoms with Crippen LogP contribution in [-0.2, 0) is 13.6 Å². The number of guanidine groups is 1. The van der Waals surface area contributed by atoms with Gasteiger partial charge in [0.1, 0.15) is 0 Å². The van der Waals surface area contributed by atoms with Crippen LogP contribution in [0, 0.1) is 5.92 Å². The molecule has 24 heavy (non-hydrogen) atoms. The average Bonchev–Trinajstić information content (AvgIpc) is 2.97. The first-order valence-corrected chi connectivity index (χ1v) is 9.20. The van der Waals surface area contributed by atoms with Crippen LogP contribution in [0.4, 0.5) is 0 Å². The Hall–Kier alpha value is -0.790. The molecule has 1 fully saturated rings. The maximum atomic E-state index is 4.69. The van der Waals surface area contributed by atoms with E-state index in [0.29, 0.717) is 12.6 Å². The summed E-state index contributed by atoms with van der Waals surface area (Å²) < 4.78 is 1.87. The van der Waals surface area contributed by atoms with Gasteiger partial charge in [0.15, 0.2) is 5.96 Å². The second-order valence-corrected chi connectivity index (χ2v) is 6.77. The number of hydrogen-bond donors (Lipinski definition) is 2. The first kappa shape index (κ1) is 21.3. The lowest BCUT2D eigenvalue weighted by molar-refractivity contribution is 0.322. The van der Waals surface area contributed by atoms with Crippen LogP contribution in [-0.4, -0.2) is 28.3 Å². The molecule has 1 unspecified atom stereocenters. The van der Waals surface area contributed by atoms with Gasteiger partial charge >= 0.3 is 0 Å². The molecule has 0 saturated heterocycles. The van der Waals surface area contributed by atoms with Crippen molar-refractivity contribution in [2.45, 2.75) is 71.4 Å². The molecule has 0 bridgehead atoms. The summed E-state index contributed by atoms with van der Waals surface area (Å²) in [6, 6.07) is 2.47. The number of aliphatic imine (C=N–C) groups is 1. The molecule has 5 nitrogen and oxygen atoms in total. The predicted molar refractivity (Wildman–Crippen MR) is 112 cm³/mol. The van der Waals surface area contributed by atoms with Gasteiger partial charge in [-0.2, -0.15) is 5.10 Å². The van der Waals surface area contributed by atoms with E-state index in [9.17, 15) is 0 Å². The molecule has 1 heterocycles. The Morgan fingerprint density at radius 3 is 2.75 bits per heavy atom. The Bertz CT molecular complexity index is 480. The molecule has 138 valence electrons. The maximum Gasteiger partial charge on any atom is 0.191 e. The number of halogens is 1. The number of hydrogen-bond acceptors (Lipinski definition) is 2. The molecule has 0 spiro atoms. The second kappa shape index (κ2) is 11.7. The van der Waals surface area contributed by atoms with Crippen LogP contribution in [0.25, 0.3) is 0 Å². The highest BCUT2D eigenvalue weighted by atomic mass is 127. The SMILES string of the molecule is CCNC(=NCc1ccnn1C)NC(C)CCC1CCCCC1.I. The third-order valence-corrected chi connectivity index (χ3v) is 4.78. The molecule has 1 aliphatic rings. The van der Waals surface area contributed by atoms with Gasteiger partial charge < -0.3 is 10.6 Å². The van der Waals surface area contributed by atoms with Crippen molar-refractivity contribution in [2.24, 2.45) is 18.0 Å². The Kier molecular flexibility index (Phi) is 10.4. The van der Waals surface area contributed by atoms with E-state index in [4.69, 9.17) is 0 Å². The zero-order valence-corrected chi connectivity index (χ0v) is 17.8. The number of rotatable bonds is 7. The van der Waals surface area contributed by atoms with E-state index < -0.39 is 0 Å². The second-order valence-electron chi connectivity index (χ2n) is 6.77. The minimum absolute atomic E-state index is 0. The number of nitrogens with zero attached hydrogens (tertiary/aromatic N) is 3. The normalized spacial score (nSPS) is 17.2. The molecule has 0 amide bonds. The van der Waals surface area contributed by atoms with Crippen molar-refractivity contribution in [3.63, 3.8) is 0 Å². The van der Waals surface area contributed by atoms with Gasteiger partial charge in [-0.05, 0) is 38.7 Å². The summed E-state index contributed by atoms with van der Waals surface area (Å²) in [4.78, 5) is 4.69. The third-order valence-electron chi connectivity index (χ3n) is 4.78. The van der Waals surface area contributed by atoms with Crippen LogP contribution >= 0.6 is 24.0 Å². The Balaban J connectivity index is 0.00000288. The summed E-state index contributed by atoms with van der Waals surface area (Å²) in [5.41, 5.74) is 1.12. The standard InChI is InChI=1S/C18H33N5.HI/c1-4-19-18(20-14-17-12-13-21-23(17)3)22-15(2)10-11-16-8-6-5-7-9-16;/h12-13,15-16H,4-11,14H2,1-3H3,(H2,19,20,22);1H. The van der Waals surface area contributed by atoms with Gasteiger partial charge in [-0.1, -0.05) is 32.1 Å².